The molecule has 2 aromatic carbocycles. The first-order chi connectivity index (χ1) is 17.4. The highest BCUT2D eigenvalue weighted by molar-refractivity contribution is 6.06. The van der Waals surface area contributed by atoms with Gasteiger partial charge in [-0.05, 0) is 54.2 Å². The van der Waals surface area contributed by atoms with Crippen LogP contribution in [0.25, 0.3) is 11.3 Å². The molecule has 3 aliphatic rings. The third-order valence-electron chi connectivity index (χ3n) is 7.40. The van der Waals surface area contributed by atoms with Crippen molar-refractivity contribution in [2.75, 3.05) is 7.11 Å². The summed E-state index contributed by atoms with van der Waals surface area (Å²) < 4.78 is 7.07. The lowest BCUT2D eigenvalue weighted by atomic mass is 9.85. The standard InChI is InChI=1S/C26H25N5O5/c1-36-15-7-5-14-6-9-22(32)24(18(14)11-15)31-13-20(28-29-31)16-3-2-4-17-19(16)12-30(26(17)35)21-8-10-23(33)27-25(21)34/h2-5,7,11,13,21-22,24,32H,6,8-10,12H2,1H3,(H,27,33,34)/t21?,22-,24-/m1/s1. The summed E-state index contributed by atoms with van der Waals surface area (Å²) in [6, 6.07) is 10.2. The number of amides is 3. The Morgan fingerprint density at radius 3 is 2.72 bits per heavy atom. The summed E-state index contributed by atoms with van der Waals surface area (Å²) in [6.45, 7) is 0.246. The molecular weight excluding hydrogens is 462 g/mol. The quantitative estimate of drug-likeness (QED) is 0.536. The Kier molecular flexibility index (Phi) is 5.33. The molecule has 0 saturated carbocycles. The maximum absolute atomic E-state index is 13.2. The van der Waals surface area contributed by atoms with E-state index in [9.17, 15) is 19.5 Å². The highest BCUT2D eigenvalue weighted by Gasteiger charge is 2.40. The summed E-state index contributed by atoms with van der Waals surface area (Å²) in [5.41, 5.74) is 4.69. The lowest BCUT2D eigenvalue weighted by Gasteiger charge is -2.30. The molecule has 3 aromatic rings. The Labute approximate surface area is 206 Å². The molecule has 1 saturated heterocycles. The normalized spacial score (nSPS) is 23.3. The smallest absolute Gasteiger partial charge is 0.255 e. The van der Waals surface area contributed by atoms with E-state index in [4.69, 9.17) is 4.74 Å². The molecule has 3 heterocycles. The predicted octanol–water partition coefficient (Wildman–Crippen LogP) is 1.61. The Morgan fingerprint density at radius 2 is 1.92 bits per heavy atom. The van der Waals surface area contributed by atoms with E-state index in [1.165, 1.54) is 4.90 Å². The molecule has 10 nitrogen and oxygen atoms in total. The van der Waals surface area contributed by atoms with E-state index in [1.807, 2.05) is 24.3 Å². The number of carbonyl (C=O) groups excluding carboxylic acids is 3. The van der Waals surface area contributed by atoms with Gasteiger partial charge in [0.1, 0.15) is 23.5 Å². The number of nitrogens with zero attached hydrogens (tertiary/aromatic N) is 4. The van der Waals surface area contributed by atoms with Gasteiger partial charge in [-0.15, -0.1) is 5.10 Å². The van der Waals surface area contributed by atoms with Crippen LogP contribution in [-0.2, 0) is 22.6 Å². The van der Waals surface area contributed by atoms with Crippen molar-refractivity contribution < 1.29 is 24.2 Å². The number of fused-ring (bicyclic) bond motifs is 2. The largest absolute Gasteiger partial charge is 0.497 e. The van der Waals surface area contributed by atoms with E-state index in [2.05, 4.69) is 15.6 Å². The Morgan fingerprint density at radius 1 is 1.08 bits per heavy atom. The van der Waals surface area contributed by atoms with Crippen LogP contribution in [0.4, 0.5) is 0 Å². The fourth-order valence-corrected chi connectivity index (χ4v) is 5.55. The minimum absolute atomic E-state index is 0.202. The molecule has 3 atom stereocenters. The molecule has 6 rings (SSSR count). The zero-order valence-corrected chi connectivity index (χ0v) is 19.7. The van der Waals surface area contributed by atoms with Crippen LogP contribution in [0.2, 0.25) is 0 Å². The molecular formula is C26H25N5O5. The number of nitrogens with one attached hydrogen (secondary N) is 1. The minimum atomic E-state index is -0.685. The van der Waals surface area contributed by atoms with Gasteiger partial charge in [0, 0.05) is 24.1 Å². The minimum Gasteiger partial charge on any atom is -0.497 e. The van der Waals surface area contributed by atoms with Gasteiger partial charge in [0.2, 0.25) is 11.8 Å². The summed E-state index contributed by atoms with van der Waals surface area (Å²) in [4.78, 5) is 38.7. The van der Waals surface area contributed by atoms with E-state index < -0.39 is 24.1 Å². The van der Waals surface area contributed by atoms with Gasteiger partial charge in [0.15, 0.2) is 0 Å². The molecule has 3 amide bonds. The van der Waals surface area contributed by atoms with Crippen molar-refractivity contribution in [1.29, 1.82) is 0 Å². The second-order valence-corrected chi connectivity index (χ2v) is 9.43. The number of carbonyl (C=O) groups is 3. The molecule has 1 fully saturated rings. The Hall–Kier alpha value is -4.05. The second-order valence-electron chi connectivity index (χ2n) is 9.43. The van der Waals surface area contributed by atoms with Gasteiger partial charge in [-0.3, -0.25) is 19.7 Å². The maximum atomic E-state index is 13.2. The molecule has 0 bridgehead atoms. The van der Waals surface area contributed by atoms with Crippen molar-refractivity contribution in [2.24, 2.45) is 0 Å². The zero-order valence-electron chi connectivity index (χ0n) is 19.7. The number of ether oxygens (including phenoxy) is 1. The summed E-state index contributed by atoms with van der Waals surface area (Å²) in [5, 5.41) is 22.0. The molecule has 2 N–H and O–H groups in total. The Bertz CT molecular complexity index is 1400. The topological polar surface area (TPSA) is 127 Å². The third-order valence-corrected chi connectivity index (χ3v) is 7.40. The van der Waals surface area contributed by atoms with Crippen LogP contribution in [0.15, 0.2) is 42.6 Å². The molecule has 1 aliphatic carbocycles. The molecule has 1 aromatic heterocycles. The lowest BCUT2D eigenvalue weighted by Crippen LogP contribution is -2.52. The number of benzene rings is 2. The molecule has 36 heavy (non-hydrogen) atoms. The summed E-state index contributed by atoms with van der Waals surface area (Å²) in [6.07, 6.45) is 3.03. The van der Waals surface area contributed by atoms with Crippen LogP contribution < -0.4 is 10.1 Å². The lowest BCUT2D eigenvalue weighted by molar-refractivity contribution is -0.136. The molecule has 10 heteroatoms. The van der Waals surface area contributed by atoms with Crippen molar-refractivity contribution in [3.05, 3.63) is 64.8 Å². The van der Waals surface area contributed by atoms with Gasteiger partial charge in [-0.25, -0.2) is 4.68 Å². The van der Waals surface area contributed by atoms with Crippen molar-refractivity contribution in [1.82, 2.24) is 25.2 Å². The first kappa shape index (κ1) is 22.4. The number of hydrogen-bond donors (Lipinski definition) is 2. The average molecular weight is 488 g/mol. The number of aromatic nitrogens is 3. The predicted molar refractivity (Wildman–Crippen MR) is 127 cm³/mol. The molecule has 2 aliphatic heterocycles. The van der Waals surface area contributed by atoms with Gasteiger partial charge in [-0.2, -0.15) is 0 Å². The summed E-state index contributed by atoms with van der Waals surface area (Å²) >= 11 is 0. The maximum Gasteiger partial charge on any atom is 0.255 e. The fourth-order valence-electron chi connectivity index (χ4n) is 5.55. The SMILES string of the molecule is COc1ccc2c(c1)[C@@H](n1cc(-c3cccc4c3CN(C3CCC(=O)NC3=O)C4=O)nn1)[C@H](O)CC2. The van der Waals surface area contributed by atoms with E-state index in [0.29, 0.717) is 29.8 Å². The summed E-state index contributed by atoms with van der Waals surface area (Å²) in [5.74, 6) is -0.291. The fraction of sp³-hybridized carbons (Fsp3) is 0.346. The van der Waals surface area contributed by atoms with Gasteiger partial charge in [0.25, 0.3) is 5.91 Å². The average Bonchev–Trinajstić information content (AvgIpc) is 3.48. The second kappa shape index (κ2) is 8.56. The first-order valence-electron chi connectivity index (χ1n) is 12.0. The number of aliphatic hydroxyl groups excluding tert-OH is 1. The number of aryl methyl sites for hydroxylation is 1. The highest BCUT2D eigenvalue weighted by atomic mass is 16.5. The number of methoxy groups -OCH3 is 1. The number of aliphatic hydroxyl groups is 1. The number of rotatable bonds is 4. The van der Waals surface area contributed by atoms with Gasteiger partial charge >= 0.3 is 0 Å². The first-order valence-corrected chi connectivity index (χ1v) is 12.0. The monoisotopic (exact) mass is 487 g/mol. The van der Waals surface area contributed by atoms with Crippen molar-refractivity contribution >= 4 is 17.7 Å². The van der Waals surface area contributed by atoms with Gasteiger partial charge < -0.3 is 14.7 Å². The van der Waals surface area contributed by atoms with E-state index in [0.717, 1.165) is 28.7 Å². The van der Waals surface area contributed by atoms with Crippen LogP contribution >= 0.6 is 0 Å². The van der Waals surface area contributed by atoms with E-state index >= 15 is 0 Å². The van der Waals surface area contributed by atoms with Crippen molar-refractivity contribution in [3.63, 3.8) is 0 Å². The summed E-state index contributed by atoms with van der Waals surface area (Å²) in [7, 11) is 1.61. The van der Waals surface area contributed by atoms with Crippen molar-refractivity contribution in [2.45, 2.75) is 50.4 Å². The van der Waals surface area contributed by atoms with Gasteiger partial charge in [-0.1, -0.05) is 23.4 Å². The number of imide groups is 1. The van der Waals surface area contributed by atoms with Crippen molar-refractivity contribution in [3.8, 4) is 17.0 Å². The van der Waals surface area contributed by atoms with Gasteiger partial charge in [0.05, 0.1) is 19.4 Å². The van der Waals surface area contributed by atoms with E-state index in [1.54, 1.807) is 30.1 Å². The number of hydrogen-bond acceptors (Lipinski definition) is 7. The molecule has 0 radical (unpaired) electrons. The van der Waals surface area contributed by atoms with Crippen LogP contribution in [0, 0.1) is 0 Å². The third kappa shape index (κ3) is 3.56. The van der Waals surface area contributed by atoms with Crippen LogP contribution in [-0.4, -0.2) is 62.0 Å². The van der Waals surface area contributed by atoms with Crippen LogP contribution in [0.5, 0.6) is 5.75 Å². The zero-order chi connectivity index (χ0) is 25.0. The Balaban J connectivity index is 1.34. The number of piperidine rings is 1. The van der Waals surface area contributed by atoms with Crippen LogP contribution in [0.3, 0.4) is 0 Å². The molecule has 184 valence electrons. The highest BCUT2D eigenvalue weighted by Crippen LogP contribution is 2.37. The molecule has 0 spiro atoms. The van der Waals surface area contributed by atoms with E-state index in [-0.39, 0.29) is 24.8 Å². The molecule has 1 unspecified atom stereocenters. The van der Waals surface area contributed by atoms with Crippen LogP contribution in [0.1, 0.15) is 52.4 Å².